The molecule has 172 valence electrons. The third-order valence-electron chi connectivity index (χ3n) is 7.63. The highest BCUT2D eigenvalue weighted by atomic mass is 79.9. The maximum atomic E-state index is 11.4. The Bertz CT molecular complexity index is 1260. The molecule has 0 spiro atoms. The molecule has 2 heterocycles. The average Bonchev–Trinajstić information content (AvgIpc) is 3.33. The van der Waals surface area contributed by atoms with E-state index in [1.807, 2.05) is 4.68 Å². The molecule has 11 heteroatoms. The lowest BCUT2D eigenvalue weighted by molar-refractivity contribution is -0.390. The van der Waals surface area contributed by atoms with Crippen molar-refractivity contribution in [1.82, 2.24) is 19.9 Å². The second kappa shape index (κ2) is 7.52. The Balaban J connectivity index is 1.31. The zero-order valence-electron chi connectivity index (χ0n) is 17.5. The van der Waals surface area contributed by atoms with Crippen LogP contribution in [0.2, 0.25) is 10.0 Å². The standard InChI is InChI=1S/C22H20BrCl2N5O3/c23-16-10-29(27-20(16)30(31)32)22-7-12-3-13(8-22)6-21(5-12,11-22)9-18-26-19(28-33-18)15-2-1-14(24)4-17(15)25/h1-2,4,10,12-13H,3,5-9,11H2. The monoisotopic (exact) mass is 551 g/mol. The van der Waals surface area contributed by atoms with Gasteiger partial charge in [0.2, 0.25) is 11.7 Å². The van der Waals surface area contributed by atoms with Crippen LogP contribution in [0.1, 0.15) is 44.4 Å². The van der Waals surface area contributed by atoms with Crippen molar-refractivity contribution in [1.29, 1.82) is 0 Å². The van der Waals surface area contributed by atoms with E-state index >= 15 is 0 Å². The second-order valence-electron chi connectivity index (χ2n) is 10.0. The number of halogens is 3. The molecule has 4 saturated carbocycles. The van der Waals surface area contributed by atoms with E-state index in [9.17, 15) is 10.1 Å². The van der Waals surface area contributed by atoms with Crippen LogP contribution in [-0.2, 0) is 12.0 Å². The Morgan fingerprint density at radius 2 is 2.00 bits per heavy atom. The molecule has 2 atom stereocenters. The zero-order chi connectivity index (χ0) is 23.0. The van der Waals surface area contributed by atoms with E-state index in [1.54, 1.807) is 24.4 Å². The normalized spacial score (nSPS) is 30.2. The molecule has 4 bridgehead atoms. The van der Waals surface area contributed by atoms with Gasteiger partial charge in [0.05, 0.1) is 21.9 Å². The van der Waals surface area contributed by atoms with Crippen LogP contribution in [0.15, 0.2) is 33.4 Å². The summed E-state index contributed by atoms with van der Waals surface area (Å²) in [6.45, 7) is 0. The van der Waals surface area contributed by atoms with Crippen LogP contribution < -0.4 is 0 Å². The lowest BCUT2D eigenvalue weighted by atomic mass is 9.46. The van der Waals surface area contributed by atoms with Gasteiger partial charge in [-0.2, -0.15) is 9.67 Å². The molecule has 0 N–H and O–H groups in total. The van der Waals surface area contributed by atoms with Crippen molar-refractivity contribution < 1.29 is 9.45 Å². The highest BCUT2D eigenvalue weighted by Crippen LogP contribution is 2.65. The molecule has 0 radical (unpaired) electrons. The molecule has 3 aromatic rings. The average molecular weight is 553 g/mol. The van der Waals surface area contributed by atoms with Crippen molar-refractivity contribution in [2.24, 2.45) is 17.3 Å². The quantitative estimate of drug-likeness (QED) is 0.266. The van der Waals surface area contributed by atoms with Crippen LogP contribution >= 0.6 is 39.1 Å². The number of hydrogen-bond donors (Lipinski definition) is 0. The van der Waals surface area contributed by atoms with E-state index in [1.165, 1.54) is 6.42 Å². The second-order valence-corrected chi connectivity index (χ2v) is 11.7. The number of aromatic nitrogens is 4. The maximum Gasteiger partial charge on any atom is 0.404 e. The molecule has 4 aliphatic carbocycles. The molecule has 1 aromatic carbocycles. The Morgan fingerprint density at radius 3 is 2.67 bits per heavy atom. The largest absolute Gasteiger partial charge is 0.404 e. The highest BCUT2D eigenvalue weighted by Gasteiger charge is 2.60. The summed E-state index contributed by atoms with van der Waals surface area (Å²) in [4.78, 5) is 15.6. The van der Waals surface area contributed by atoms with Crippen LogP contribution in [-0.4, -0.2) is 24.8 Å². The molecule has 4 aliphatic rings. The zero-order valence-corrected chi connectivity index (χ0v) is 20.6. The van der Waals surface area contributed by atoms with Gasteiger partial charge in [0.25, 0.3) is 0 Å². The number of nitrogens with zero attached hydrogens (tertiary/aromatic N) is 5. The molecule has 2 aromatic heterocycles. The number of nitro groups is 1. The van der Waals surface area contributed by atoms with Crippen molar-refractivity contribution in [3.63, 3.8) is 0 Å². The first kappa shape index (κ1) is 21.6. The van der Waals surface area contributed by atoms with Gasteiger partial charge in [0.1, 0.15) is 4.47 Å². The maximum absolute atomic E-state index is 11.4. The first-order valence-corrected chi connectivity index (χ1v) is 12.5. The SMILES string of the molecule is O=[N+]([O-])c1nn(C23CC4CC(CC(Cc5nc(-c6ccc(Cl)cc6Cl)no5)(C4)C2)C3)cc1Br. The van der Waals surface area contributed by atoms with Gasteiger partial charge in [-0.25, -0.2) is 0 Å². The summed E-state index contributed by atoms with van der Waals surface area (Å²) in [6.07, 6.45) is 8.81. The fourth-order valence-electron chi connectivity index (χ4n) is 7.01. The molecule has 0 amide bonds. The lowest BCUT2D eigenvalue weighted by Crippen LogP contribution is -2.57. The van der Waals surface area contributed by atoms with E-state index < -0.39 is 4.92 Å². The molecule has 8 nitrogen and oxygen atoms in total. The predicted molar refractivity (Wildman–Crippen MR) is 125 cm³/mol. The fraction of sp³-hybridized carbons (Fsp3) is 0.500. The van der Waals surface area contributed by atoms with Gasteiger partial charge < -0.3 is 14.6 Å². The predicted octanol–water partition coefficient (Wildman–Crippen LogP) is 6.45. The van der Waals surface area contributed by atoms with Crippen LogP contribution in [0, 0.1) is 27.4 Å². The van der Waals surface area contributed by atoms with E-state index in [4.69, 9.17) is 27.7 Å². The topological polar surface area (TPSA) is 99.9 Å². The first-order chi connectivity index (χ1) is 15.7. The summed E-state index contributed by atoms with van der Waals surface area (Å²) >= 11 is 15.7. The molecule has 4 fully saturated rings. The number of hydrogen-bond acceptors (Lipinski definition) is 6. The molecule has 33 heavy (non-hydrogen) atoms. The van der Waals surface area contributed by atoms with Gasteiger partial charge in [-0.3, -0.25) is 0 Å². The molecule has 2 unspecified atom stereocenters. The Kier molecular flexibility index (Phi) is 4.91. The van der Waals surface area contributed by atoms with E-state index in [0.29, 0.717) is 50.1 Å². The summed E-state index contributed by atoms with van der Waals surface area (Å²) in [5.74, 6) is 2.07. The van der Waals surface area contributed by atoms with Gasteiger partial charge in [-0.05, 0) is 94.8 Å². The summed E-state index contributed by atoms with van der Waals surface area (Å²) in [6, 6.07) is 5.21. The minimum atomic E-state index is -0.432. The van der Waals surface area contributed by atoms with Crippen molar-refractivity contribution in [2.45, 2.75) is 50.5 Å². The first-order valence-electron chi connectivity index (χ1n) is 10.9. The molecule has 7 rings (SSSR count). The highest BCUT2D eigenvalue weighted by molar-refractivity contribution is 9.10. The van der Waals surface area contributed by atoms with Gasteiger partial charge in [-0.15, -0.1) is 0 Å². The molecular formula is C22H20BrCl2N5O3. The minimum absolute atomic E-state index is 0.0187. The summed E-state index contributed by atoms with van der Waals surface area (Å²) in [5, 5.41) is 21.0. The third kappa shape index (κ3) is 3.59. The Hall–Kier alpha value is -1.97. The molecule has 0 aliphatic heterocycles. The summed E-state index contributed by atoms with van der Waals surface area (Å²) < 4.78 is 7.96. The van der Waals surface area contributed by atoms with Crippen molar-refractivity contribution in [2.75, 3.05) is 0 Å². The van der Waals surface area contributed by atoms with Crippen LogP contribution in [0.4, 0.5) is 5.82 Å². The van der Waals surface area contributed by atoms with Gasteiger partial charge in [0, 0.05) is 17.0 Å². The number of benzene rings is 1. The number of rotatable bonds is 5. The third-order valence-corrected chi connectivity index (χ3v) is 8.74. The van der Waals surface area contributed by atoms with Crippen LogP contribution in [0.3, 0.4) is 0 Å². The van der Waals surface area contributed by atoms with Gasteiger partial charge in [-0.1, -0.05) is 28.4 Å². The van der Waals surface area contributed by atoms with E-state index in [0.717, 1.165) is 32.1 Å². The molecular weight excluding hydrogens is 533 g/mol. The minimum Gasteiger partial charge on any atom is -0.358 e. The molecule has 0 saturated heterocycles. The van der Waals surface area contributed by atoms with Crippen LogP contribution in [0.5, 0.6) is 0 Å². The Labute approximate surface area is 207 Å². The van der Waals surface area contributed by atoms with Crippen molar-refractivity contribution in [3.8, 4) is 11.4 Å². The van der Waals surface area contributed by atoms with Gasteiger partial charge >= 0.3 is 5.82 Å². The summed E-state index contributed by atoms with van der Waals surface area (Å²) in [7, 11) is 0. The lowest BCUT2D eigenvalue weighted by Gasteiger charge is -2.61. The van der Waals surface area contributed by atoms with Gasteiger partial charge in [0.15, 0.2) is 0 Å². The van der Waals surface area contributed by atoms with E-state index in [-0.39, 0.29) is 16.8 Å². The van der Waals surface area contributed by atoms with Crippen molar-refractivity contribution in [3.05, 3.63) is 54.9 Å². The van der Waals surface area contributed by atoms with Crippen LogP contribution in [0.25, 0.3) is 11.4 Å². The van der Waals surface area contributed by atoms with Crippen molar-refractivity contribution >= 4 is 44.9 Å². The fourth-order valence-corrected chi connectivity index (χ4v) is 7.93. The Morgan fingerprint density at radius 1 is 1.24 bits per heavy atom. The van der Waals surface area contributed by atoms with E-state index in [2.05, 4.69) is 31.2 Å². The smallest absolute Gasteiger partial charge is 0.358 e. The summed E-state index contributed by atoms with van der Waals surface area (Å²) in [5.41, 5.74) is 0.500.